The molecule has 1 heterocycles. The number of hydrogen-bond donors (Lipinski definition) is 0. The summed E-state index contributed by atoms with van der Waals surface area (Å²) in [6.45, 7) is 7.18. The van der Waals surface area contributed by atoms with Crippen molar-refractivity contribution in [3.63, 3.8) is 0 Å². The van der Waals surface area contributed by atoms with Crippen molar-refractivity contribution in [2.75, 3.05) is 0 Å². The van der Waals surface area contributed by atoms with Gasteiger partial charge in [-0.3, -0.25) is 4.90 Å². The molecule has 2 aliphatic rings. The first-order valence-corrected chi connectivity index (χ1v) is 7.88. The van der Waals surface area contributed by atoms with E-state index < -0.39 is 0 Å². The molecule has 1 aliphatic heterocycles. The van der Waals surface area contributed by atoms with E-state index in [1.165, 1.54) is 37.7 Å². The van der Waals surface area contributed by atoms with Crippen LogP contribution in [0.2, 0.25) is 0 Å². The highest BCUT2D eigenvalue weighted by Gasteiger charge is 2.47. The minimum absolute atomic E-state index is 0.309. The molecule has 2 fully saturated rings. The lowest BCUT2D eigenvalue weighted by Crippen LogP contribution is -2.49. The lowest BCUT2D eigenvalue weighted by Gasteiger charge is -2.41. The van der Waals surface area contributed by atoms with Gasteiger partial charge in [-0.15, -0.1) is 0 Å². The van der Waals surface area contributed by atoms with Crippen molar-refractivity contribution in [2.24, 2.45) is 5.92 Å². The fraction of sp³-hybridized carbons (Fsp3) is 0.667. The van der Waals surface area contributed by atoms with Gasteiger partial charge in [0.1, 0.15) is 0 Å². The summed E-state index contributed by atoms with van der Waals surface area (Å²) in [5.41, 5.74) is 1.81. The summed E-state index contributed by atoms with van der Waals surface area (Å²) in [6.07, 6.45) is 6.97. The van der Waals surface area contributed by atoms with Crippen LogP contribution in [0.3, 0.4) is 0 Å². The Hall–Kier alpha value is -0.820. The number of hydrogen-bond acceptors (Lipinski definition) is 1. The molecule has 104 valence electrons. The number of fused-ring (bicyclic) bond motifs is 1. The third-order valence-electron chi connectivity index (χ3n) is 5.03. The van der Waals surface area contributed by atoms with E-state index in [0.29, 0.717) is 5.54 Å². The molecular weight excluding hydrogens is 230 g/mol. The van der Waals surface area contributed by atoms with Crippen LogP contribution in [0, 0.1) is 5.92 Å². The highest BCUT2D eigenvalue weighted by Crippen LogP contribution is 2.45. The summed E-state index contributed by atoms with van der Waals surface area (Å²) in [5.74, 6) is 0.966. The van der Waals surface area contributed by atoms with Crippen molar-refractivity contribution >= 4 is 0 Å². The molecule has 1 saturated heterocycles. The molecule has 1 nitrogen and oxygen atoms in total. The average molecular weight is 257 g/mol. The van der Waals surface area contributed by atoms with Gasteiger partial charge in [-0.05, 0) is 57.9 Å². The number of likely N-dealkylation sites (tertiary alicyclic amines) is 1. The Morgan fingerprint density at radius 2 is 1.84 bits per heavy atom. The molecule has 1 saturated carbocycles. The Kier molecular flexibility index (Phi) is 3.42. The van der Waals surface area contributed by atoms with E-state index in [1.807, 2.05) is 0 Å². The predicted molar refractivity (Wildman–Crippen MR) is 81.3 cm³/mol. The molecule has 0 N–H and O–H groups in total. The zero-order chi connectivity index (χ0) is 13.5. The molecular formula is C18H27N. The Balaban J connectivity index is 1.80. The van der Waals surface area contributed by atoms with Gasteiger partial charge < -0.3 is 0 Å². The summed E-state index contributed by atoms with van der Waals surface area (Å²) in [6, 6.07) is 12.6. The quantitative estimate of drug-likeness (QED) is 0.764. The lowest BCUT2D eigenvalue weighted by atomic mass is 9.97. The summed E-state index contributed by atoms with van der Waals surface area (Å²) < 4.78 is 0. The second-order valence-corrected chi connectivity index (χ2v) is 7.42. The minimum Gasteiger partial charge on any atom is -0.292 e. The molecule has 0 spiro atoms. The fourth-order valence-electron chi connectivity index (χ4n) is 4.51. The van der Waals surface area contributed by atoms with Crippen molar-refractivity contribution in [1.82, 2.24) is 4.90 Å². The van der Waals surface area contributed by atoms with Crippen molar-refractivity contribution in [3.05, 3.63) is 35.9 Å². The van der Waals surface area contributed by atoms with Crippen molar-refractivity contribution < 1.29 is 0 Å². The van der Waals surface area contributed by atoms with Crippen LogP contribution in [-0.2, 0) is 6.42 Å². The standard InChI is InChI=1S/C18H27N/c1-18(2,3)19-16(12-14-8-5-4-6-9-14)13-15-10-7-11-17(15)19/h4-6,8-9,15-17H,7,10-13H2,1-3H3/t15-,16+,17-/m0/s1. The Labute approximate surface area is 118 Å². The summed E-state index contributed by atoms with van der Waals surface area (Å²) in [4.78, 5) is 2.84. The topological polar surface area (TPSA) is 3.24 Å². The molecule has 3 rings (SSSR count). The average Bonchev–Trinajstić information content (AvgIpc) is 2.88. The largest absolute Gasteiger partial charge is 0.292 e. The maximum Gasteiger partial charge on any atom is 0.0147 e. The highest BCUT2D eigenvalue weighted by molar-refractivity contribution is 5.17. The van der Waals surface area contributed by atoms with Crippen LogP contribution in [-0.4, -0.2) is 22.5 Å². The molecule has 0 amide bonds. The van der Waals surface area contributed by atoms with Crippen LogP contribution in [0.25, 0.3) is 0 Å². The number of benzene rings is 1. The lowest BCUT2D eigenvalue weighted by molar-refractivity contribution is 0.0724. The molecule has 1 aromatic carbocycles. The van der Waals surface area contributed by atoms with Crippen LogP contribution in [0.5, 0.6) is 0 Å². The van der Waals surface area contributed by atoms with E-state index in [1.54, 1.807) is 0 Å². The summed E-state index contributed by atoms with van der Waals surface area (Å²) in [7, 11) is 0. The Bertz CT molecular complexity index is 417. The van der Waals surface area contributed by atoms with Crippen LogP contribution in [0.4, 0.5) is 0 Å². The third-order valence-corrected chi connectivity index (χ3v) is 5.03. The maximum absolute atomic E-state index is 2.84. The second-order valence-electron chi connectivity index (χ2n) is 7.42. The van der Waals surface area contributed by atoms with Gasteiger partial charge in [-0.2, -0.15) is 0 Å². The summed E-state index contributed by atoms with van der Waals surface area (Å²) >= 11 is 0. The van der Waals surface area contributed by atoms with Crippen LogP contribution < -0.4 is 0 Å². The second kappa shape index (κ2) is 4.94. The van der Waals surface area contributed by atoms with Gasteiger partial charge in [0, 0.05) is 17.6 Å². The van der Waals surface area contributed by atoms with E-state index in [2.05, 4.69) is 56.0 Å². The monoisotopic (exact) mass is 257 g/mol. The van der Waals surface area contributed by atoms with Gasteiger partial charge in [-0.25, -0.2) is 0 Å². The van der Waals surface area contributed by atoms with Crippen molar-refractivity contribution in [1.29, 1.82) is 0 Å². The van der Waals surface area contributed by atoms with Gasteiger partial charge in [0.2, 0.25) is 0 Å². The van der Waals surface area contributed by atoms with Gasteiger partial charge in [0.05, 0.1) is 0 Å². The van der Waals surface area contributed by atoms with E-state index in [9.17, 15) is 0 Å². The molecule has 0 unspecified atom stereocenters. The zero-order valence-electron chi connectivity index (χ0n) is 12.6. The minimum atomic E-state index is 0.309. The van der Waals surface area contributed by atoms with Gasteiger partial charge >= 0.3 is 0 Å². The maximum atomic E-state index is 2.84. The predicted octanol–water partition coefficient (Wildman–Crippen LogP) is 4.27. The van der Waals surface area contributed by atoms with Crippen LogP contribution >= 0.6 is 0 Å². The first-order chi connectivity index (χ1) is 9.05. The third kappa shape index (κ3) is 2.58. The van der Waals surface area contributed by atoms with E-state index in [-0.39, 0.29) is 0 Å². The van der Waals surface area contributed by atoms with Crippen LogP contribution in [0.15, 0.2) is 30.3 Å². The molecule has 0 radical (unpaired) electrons. The number of nitrogens with zero attached hydrogens (tertiary/aromatic N) is 1. The number of rotatable bonds is 2. The van der Waals surface area contributed by atoms with Gasteiger partial charge in [0.25, 0.3) is 0 Å². The molecule has 0 bridgehead atoms. The van der Waals surface area contributed by atoms with E-state index >= 15 is 0 Å². The molecule has 1 aromatic rings. The van der Waals surface area contributed by atoms with Gasteiger partial charge in [-0.1, -0.05) is 36.8 Å². The van der Waals surface area contributed by atoms with Crippen molar-refractivity contribution in [2.45, 2.75) is 70.5 Å². The summed E-state index contributed by atoms with van der Waals surface area (Å²) in [5, 5.41) is 0. The normalized spacial score (nSPS) is 31.6. The Morgan fingerprint density at radius 1 is 1.11 bits per heavy atom. The SMILES string of the molecule is CC(C)(C)N1[C@H](Cc2ccccc2)C[C@@H]2CCC[C@@H]21. The molecule has 19 heavy (non-hydrogen) atoms. The molecule has 1 aliphatic carbocycles. The van der Waals surface area contributed by atoms with E-state index in [0.717, 1.165) is 18.0 Å². The zero-order valence-corrected chi connectivity index (χ0v) is 12.6. The van der Waals surface area contributed by atoms with Crippen LogP contribution in [0.1, 0.15) is 52.0 Å². The van der Waals surface area contributed by atoms with Gasteiger partial charge in [0.15, 0.2) is 0 Å². The Morgan fingerprint density at radius 3 is 2.53 bits per heavy atom. The fourth-order valence-corrected chi connectivity index (χ4v) is 4.51. The van der Waals surface area contributed by atoms with E-state index in [4.69, 9.17) is 0 Å². The highest BCUT2D eigenvalue weighted by atomic mass is 15.3. The molecule has 0 aromatic heterocycles. The first-order valence-electron chi connectivity index (χ1n) is 7.88. The smallest absolute Gasteiger partial charge is 0.0147 e. The first kappa shape index (κ1) is 13.2. The molecule has 3 atom stereocenters. The van der Waals surface area contributed by atoms with Crippen molar-refractivity contribution in [3.8, 4) is 0 Å². The molecule has 1 heteroatoms.